The zero-order chi connectivity index (χ0) is 46.7. The number of esters is 1. The predicted octanol–water partition coefficient (Wildman–Crippen LogP) is 5.41. The minimum atomic E-state index is -1.16. The largest absolute Gasteiger partial charge is 0.508 e. The Morgan fingerprint density at radius 1 is 1.11 bits per heavy atom. The first kappa shape index (κ1) is 46.9. The summed E-state index contributed by atoms with van der Waals surface area (Å²) in [4.78, 5) is 76.7. The van der Waals surface area contributed by atoms with Crippen LogP contribution in [0.15, 0.2) is 67.5 Å². The number of phenols is 1. The van der Waals surface area contributed by atoms with Gasteiger partial charge in [0.25, 0.3) is 5.91 Å². The number of carbonyl (C=O) groups is 5. The second kappa shape index (κ2) is 19.6. The number of fused-ring (bicyclic) bond motifs is 6. The summed E-state index contributed by atoms with van der Waals surface area (Å²) in [5.74, 6) is -2.85. The van der Waals surface area contributed by atoms with Crippen LogP contribution in [0.3, 0.4) is 0 Å². The third-order valence-corrected chi connectivity index (χ3v) is 13.0. The molecular formula is C50H63N7O8. The molecule has 2 saturated heterocycles. The van der Waals surface area contributed by atoms with E-state index in [-0.39, 0.29) is 49.6 Å². The van der Waals surface area contributed by atoms with E-state index in [2.05, 4.69) is 59.8 Å². The van der Waals surface area contributed by atoms with Gasteiger partial charge in [0.2, 0.25) is 17.7 Å². The molecule has 3 aliphatic rings. The molecule has 4 amide bonds. The minimum absolute atomic E-state index is 0.00858. The molecule has 2 aromatic carbocycles. The number of hydrazine groups is 1. The number of benzene rings is 2. The number of likely N-dealkylation sites (N-methyl/N-ethyl adjacent to an activating group) is 1. The molecule has 0 aliphatic carbocycles. The standard InChI is InChI=1S/C50H63N7O8/c1-9-43(59)55-19-16-33(27-55)47(61)54(7)44(30(3)4)46(60)52-41-22-31-20-34(23-36(58)21-31)32-13-14-42-38(24-32)39(45(56(42)10-2)37-15-17-51-26-35(37)28-64-8)25-50(5,6)29-65-49(63)40-12-11-18-57(53-40)48(41)62/h9,13-15,17,20-21,23-24,26,30,33,40-41,44,53,58H,1,10-12,16,18-19,22,25,27-29H2,2-8H3,(H,52,60)/t33-,40-,41?,44-/m0/s1. The Morgan fingerprint density at radius 2 is 1.89 bits per heavy atom. The van der Waals surface area contributed by atoms with Gasteiger partial charge in [0.05, 0.1) is 24.8 Å². The highest BCUT2D eigenvalue weighted by Crippen LogP contribution is 2.41. The number of hydrogen-bond donors (Lipinski definition) is 3. The zero-order valence-corrected chi connectivity index (χ0v) is 38.7. The van der Waals surface area contributed by atoms with Crippen molar-refractivity contribution in [2.24, 2.45) is 17.3 Å². The highest BCUT2D eigenvalue weighted by molar-refractivity contribution is 5.96. The summed E-state index contributed by atoms with van der Waals surface area (Å²) in [6.45, 7) is 15.6. The summed E-state index contributed by atoms with van der Waals surface area (Å²) in [6.07, 6.45) is 6.79. The summed E-state index contributed by atoms with van der Waals surface area (Å²) >= 11 is 0. The topological polar surface area (TPSA) is 176 Å². The number of nitrogens with zero attached hydrogens (tertiary/aromatic N) is 5. The lowest BCUT2D eigenvalue weighted by Gasteiger charge is -2.37. The number of amides is 4. The summed E-state index contributed by atoms with van der Waals surface area (Å²) in [7, 11) is 3.24. The molecule has 5 heterocycles. The fraction of sp³-hybridized carbons (Fsp3) is 0.480. The Kier molecular flexibility index (Phi) is 14.1. The van der Waals surface area contributed by atoms with Gasteiger partial charge in [-0.2, -0.15) is 0 Å². The van der Waals surface area contributed by atoms with Gasteiger partial charge < -0.3 is 34.3 Å². The molecule has 4 atom stereocenters. The molecule has 2 aromatic heterocycles. The number of nitrogens with one attached hydrogen (secondary N) is 2. The summed E-state index contributed by atoms with van der Waals surface area (Å²) in [5, 5.41) is 16.7. The van der Waals surface area contributed by atoms with E-state index in [0.717, 1.165) is 44.4 Å². The lowest BCUT2D eigenvalue weighted by molar-refractivity contribution is -0.155. The van der Waals surface area contributed by atoms with Crippen LogP contribution in [0.4, 0.5) is 0 Å². The summed E-state index contributed by atoms with van der Waals surface area (Å²) < 4.78 is 14.0. The van der Waals surface area contributed by atoms with Gasteiger partial charge in [-0.15, -0.1) is 0 Å². The van der Waals surface area contributed by atoms with E-state index < -0.39 is 47.2 Å². The van der Waals surface area contributed by atoms with Crippen molar-refractivity contribution in [3.8, 4) is 28.1 Å². The van der Waals surface area contributed by atoms with Gasteiger partial charge in [-0.05, 0) is 97.2 Å². The number of aromatic nitrogens is 2. The van der Waals surface area contributed by atoms with Crippen LogP contribution in [0, 0.1) is 17.3 Å². The van der Waals surface area contributed by atoms with Gasteiger partial charge in [0.15, 0.2) is 0 Å². The maximum atomic E-state index is 14.7. The van der Waals surface area contributed by atoms with Gasteiger partial charge in [-0.1, -0.05) is 46.4 Å². The number of hydrogen-bond acceptors (Lipinski definition) is 10. The predicted molar refractivity (Wildman–Crippen MR) is 247 cm³/mol. The van der Waals surface area contributed by atoms with Crippen LogP contribution < -0.4 is 10.7 Å². The third kappa shape index (κ3) is 9.96. The molecule has 65 heavy (non-hydrogen) atoms. The monoisotopic (exact) mass is 889 g/mol. The first-order chi connectivity index (χ1) is 31.0. The number of aromatic hydroxyl groups is 1. The Labute approximate surface area is 381 Å². The molecule has 15 nitrogen and oxygen atoms in total. The maximum absolute atomic E-state index is 14.7. The number of likely N-dealkylation sites (tertiary alicyclic amines) is 1. The lowest BCUT2D eigenvalue weighted by Crippen LogP contribution is -2.62. The van der Waals surface area contributed by atoms with Crippen molar-refractivity contribution >= 4 is 40.5 Å². The highest BCUT2D eigenvalue weighted by Gasteiger charge is 2.40. The first-order valence-corrected chi connectivity index (χ1v) is 22.7. The molecular weight excluding hydrogens is 827 g/mol. The summed E-state index contributed by atoms with van der Waals surface area (Å²) in [6, 6.07) is 10.5. The van der Waals surface area contributed by atoms with Crippen LogP contribution in [0.2, 0.25) is 0 Å². The minimum Gasteiger partial charge on any atom is -0.508 e. The Balaban J connectivity index is 1.30. The van der Waals surface area contributed by atoms with E-state index >= 15 is 0 Å². The Hall–Kier alpha value is -6.06. The highest BCUT2D eigenvalue weighted by atomic mass is 16.5. The molecule has 0 saturated carbocycles. The zero-order valence-electron chi connectivity index (χ0n) is 38.7. The Bertz CT molecular complexity index is 2480. The van der Waals surface area contributed by atoms with E-state index in [1.807, 2.05) is 38.2 Å². The van der Waals surface area contributed by atoms with Gasteiger partial charge in [0.1, 0.15) is 23.9 Å². The van der Waals surface area contributed by atoms with E-state index in [4.69, 9.17) is 9.47 Å². The molecule has 2 fully saturated rings. The van der Waals surface area contributed by atoms with Gasteiger partial charge in [-0.25, -0.2) is 5.43 Å². The van der Waals surface area contributed by atoms with Crippen molar-refractivity contribution in [3.63, 3.8) is 0 Å². The van der Waals surface area contributed by atoms with Crippen LogP contribution in [0.5, 0.6) is 5.75 Å². The lowest BCUT2D eigenvalue weighted by atomic mass is 9.84. The normalized spacial score (nSPS) is 20.6. The van der Waals surface area contributed by atoms with Crippen molar-refractivity contribution in [2.75, 3.05) is 40.4 Å². The van der Waals surface area contributed by atoms with Gasteiger partial charge in [-0.3, -0.25) is 34.0 Å². The summed E-state index contributed by atoms with van der Waals surface area (Å²) in [5.41, 5.74) is 9.78. The quantitative estimate of drug-likeness (QED) is 0.138. The van der Waals surface area contributed by atoms with Crippen LogP contribution in [-0.2, 0) is 59.4 Å². The molecule has 7 rings (SSSR count). The number of rotatable bonds is 10. The van der Waals surface area contributed by atoms with Crippen molar-refractivity contribution in [1.82, 2.24) is 35.1 Å². The van der Waals surface area contributed by atoms with E-state index in [1.54, 1.807) is 37.4 Å². The molecule has 15 heteroatoms. The fourth-order valence-corrected chi connectivity index (χ4v) is 9.84. The van der Waals surface area contributed by atoms with E-state index in [0.29, 0.717) is 50.9 Å². The van der Waals surface area contributed by atoms with Gasteiger partial charge >= 0.3 is 5.97 Å². The van der Waals surface area contributed by atoms with E-state index in [9.17, 15) is 29.1 Å². The number of aryl methyl sites for hydroxylation is 1. The molecule has 1 unspecified atom stereocenters. The van der Waals surface area contributed by atoms with Crippen LogP contribution in [0.1, 0.15) is 70.6 Å². The number of methoxy groups -OCH3 is 1. The molecule has 0 radical (unpaired) electrons. The number of carbonyl (C=O) groups excluding carboxylic acids is 5. The smallest absolute Gasteiger partial charge is 0.324 e. The molecule has 0 spiro atoms. The van der Waals surface area contributed by atoms with Crippen LogP contribution in [-0.4, -0.2) is 118 Å². The van der Waals surface area contributed by atoms with Crippen molar-refractivity contribution in [2.45, 2.75) is 98.0 Å². The van der Waals surface area contributed by atoms with Gasteiger partial charge in [0, 0.05) is 86.6 Å². The number of pyridine rings is 1. The number of phenolic OH excluding ortho intramolecular Hbond substituents is 1. The maximum Gasteiger partial charge on any atom is 0.324 e. The fourth-order valence-electron chi connectivity index (χ4n) is 9.84. The molecule has 4 aromatic rings. The number of ether oxygens (including phenoxy) is 2. The first-order valence-electron chi connectivity index (χ1n) is 22.7. The third-order valence-electron chi connectivity index (χ3n) is 13.0. The second-order valence-corrected chi connectivity index (χ2v) is 18.8. The second-order valence-electron chi connectivity index (χ2n) is 18.8. The average Bonchev–Trinajstić information content (AvgIpc) is 3.90. The molecule has 3 N–H and O–H groups in total. The van der Waals surface area contributed by atoms with E-state index in [1.165, 1.54) is 16.0 Å². The number of cyclic esters (lactones) is 1. The molecule has 6 bridgehead atoms. The van der Waals surface area contributed by atoms with Crippen molar-refractivity contribution in [1.29, 1.82) is 0 Å². The Morgan fingerprint density at radius 3 is 2.62 bits per heavy atom. The SMILES string of the molecule is C=CC(=O)N1CC[C@H](C(=O)N(C)[C@H](C(=O)NC2Cc3cc(O)cc(c3)-c3ccc4c(c3)c(c(-c3ccncc3COC)n4CC)CC(C)(C)COC(=O)[C@@H]3CCCN(N3)C2=O)C(C)C)C1. The molecule has 346 valence electrons. The average molecular weight is 890 g/mol. The molecule has 3 aliphatic heterocycles. The van der Waals surface area contributed by atoms with Crippen molar-refractivity contribution in [3.05, 3.63) is 84.2 Å². The van der Waals surface area contributed by atoms with Crippen molar-refractivity contribution < 1.29 is 38.6 Å². The van der Waals surface area contributed by atoms with Crippen LogP contribution >= 0.6 is 0 Å². The van der Waals surface area contributed by atoms with Crippen LogP contribution in [0.25, 0.3) is 33.3 Å².